The molecule has 0 unspecified atom stereocenters. The van der Waals surface area contributed by atoms with Crippen LogP contribution in [0, 0.1) is 0 Å². The van der Waals surface area contributed by atoms with Gasteiger partial charge in [-0.05, 0) is 6.26 Å². The lowest BCUT2D eigenvalue weighted by atomic mass is 10.5. The molecule has 0 aliphatic carbocycles. The third-order valence-electron chi connectivity index (χ3n) is 0.832. The molecule has 0 saturated carbocycles. The predicted molar refractivity (Wildman–Crippen MR) is 40.2 cm³/mol. The van der Waals surface area contributed by atoms with Crippen molar-refractivity contribution in [2.45, 2.75) is 6.42 Å². The molecule has 3 nitrogen and oxygen atoms in total. The van der Waals surface area contributed by atoms with Gasteiger partial charge in [0.1, 0.15) is 0 Å². The van der Waals surface area contributed by atoms with Crippen LogP contribution >= 0.6 is 11.8 Å². The Bertz CT molecular complexity index is 87.0. The van der Waals surface area contributed by atoms with Gasteiger partial charge >= 0.3 is 0 Å². The normalized spacial score (nSPS) is 9.11. The lowest BCUT2D eigenvalue weighted by molar-refractivity contribution is -0.120. The molecule has 4 heteroatoms. The molecule has 54 valence electrons. The second-order valence-corrected chi connectivity index (χ2v) is 2.53. The van der Waals surface area contributed by atoms with Crippen molar-refractivity contribution in [3.8, 4) is 0 Å². The van der Waals surface area contributed by atoms with Gasteiger partial charge in [-0.1, -0.05) is 0 Å². The largest absolute Gasteiger partial charge is 0.344 e. The number of hydrogen-bond acceptors (Lipinski definition) is 3. The van der Waals surface area contributed by atoms with E-state index < -0.39 is 0 Å². The first-order valence-corrected chi connectivity index (χ1v) is 4.16. The van der Waals surface area contributed by atoms with Gasteiger partial charge in [0.05, 0.1) is 6.67 Å². The van der Waals surface area contributed by atoms with Crippen molar-refractivity contribution >= 4 is 17.7 Å². The van der Waals surface area contributed by atoms with E-state index in [1.165, 1.54) is 0 Å². The van der Waals surface area contributed by atoms with Crippen LogP contribution in [0.2, 0.25) is 0 Å². The second-order valence-electron chi connectivity index (χ2n) is 1.55. The molecule has 0 spiro atoms. The summed E-state index contributed by atoms with van der Waals surface area (Å²) >= 11 is 1.65. The smallest absolute Gasteiger partial charge is 0.221 e. The zero-order valence-electron chi connectivity index (χ0n) is 5.52. The van der Waals surface area contributed by atoms with Crippen LogP contribution in [0.1, 0.15) is 6.42 Å². The molecule has 0 atom stereocenters. The zero-order chi connectivity index (χ0) is 7.11. The standard InChI is InChI=1S/C5H12N2OS/c1-9-3-2-5(8)7-4-6/h2-4,6H2,1H3,(H,7,8). The molecule has 0 fully saturated rings. The molecule has 0 radical (unpaired) electrons. The van der Waals surface area contributed by atoms with Gasteiger partial charge in [-0.3, -0.25) is 4.79 Å². The SMILES string of the molecule is CSCCC(=O)NCN. The maximum Gasteiger partial charge on any atom is 0.221 e. The van der Waals surface area contributed by atoms with Crippen LogP contribution in [-0.2, 0) is 4.79 Å². The molecule has 0 aliphatic rings. The highest BCUT2D eigenvalue weighted by molar-refractivity contribution is 7.98. The highest BCUT2D eigenvalue weighted by atomic mass is 32.2. The second kappa shape index (κ2) is 5.91. The molecular weight excluding hydrogens is 136 g/mol. The van der Waals surface area contributed by atoms with Gasteiger partial charge in [0.2, 0.25) is 5.91 Å². The van der Waals surface area contributed by atoms with Gasteiger partial charge in [-0.25, -0.2) is 0 Å². The van der Waals surface area contributed by atoms with Crippen molar-refractivity contribution in [2.24, 2.45) is 5.73 Å². The molecule has 0 rings (SSSR count). The summed E-state index contributed by atoms with van der Waals surface area (Å²) < 4.78 is 0. The van der Waals surface area contributed by atoms with Crippen LogP contribution in [0.3, 0.4) is 0 Å². The third kappa shape index (κ3) is 5.65. The first-order valence-electron chi connectivity index (χ1n) is 2.77. The van der Waals surface area contributed by atoms with E-state index >= 15 is 0 Å². The number of thioether (sulfide) groups is 1. The van der Waals surface area contributed by atoms with Crippen LogP contribution < -0.4 is 11.1 Å². The maximum absolute atomic E-state index is 10.6. The molecule has 0 aromatic rings. The number of rotatable bonds is 4. The Hall–Kier alpha value is -0.220. The Morgan fingerprint density at radius 1 is 1.78 bits per heavy atom. The summed E-state index contributed by atoms with van der Waals surface area (Å²) in [6.45, 7) is 0.243. The first-order chi connectivity index (χ1) is 4.31. The number of carbonyl (C=O) groups is 1. The Balaban J connectivity index is 3.06. The van der Waals surface area contributed by atoms with Crippen molar-refractivity contribution < 1.29 is 4.79 Å². The van der Waals surface area contributed by atoms with Gasteiger partial charge in [-0.15, -0.1) is 0 Å². The summed E-state index contributed by atoms with van der Waals surface area (Å²) in [5.74, 6) is 0.901. The minimum atomic E-state index is 0.0341. The summed E-state index contributed by atoms with van der Waals surface area (Å²) in [5, 5.41) is 2.51. The highest BCUT2D eigenvalue weighted by Gasteiger charge is 1.95. The van der Waals surface area contributed by atoms with Crippen molar-refractivity contribution in [3.05, 3.63) is 0 Å². The van der Waals surface area contributed by atoms with Crippen LogP contribution in [-0.4, -0.2) is 24.6 Å². The van der Waals surface area contributed by atoms with Crippen molar-refractivity contribution in [1.82, 2.24) is 5.32 Å². The summed E-state index contributed by atoms with van der Waals surface area (Å²) in [5.41, 5.74) is 5.06. The van der Waals surface area contributed by atoms with E-state index in [9.17, 15) is 4.79 Å². The Labute approximate surface area is 59.4 Å². The molecule has 0 aromatic heterocycles. The Morgan fingerprint density at radius 2 is 2.44 bits per heavy atom. The minimum Gasteiger partial charge on any atom is -0.344 e. The van der Waals surface area contributed by atoms with Crippen LogP contribution in [0.25, 0.3) is 0 Å². The Kier molecular flexibility index (Phi) is 5.76. The van der Waals surface area contributed by atoms with Crippen molar-refractivity contribution in [2.75, 3.05) is 18.7 Å². The molecule has 0 aromatic carbocycles. The monoisotopic (exact) mass is 148 g/mol. The molecule has 0 bridgehead atoms. The molecule has 9 heavy (non-hydrogen) atoms. The van der Waals surface area contributed by atoms with Crippen LogP contribution in [0.4, 0.5) is 0 Å². The quantitative estimate of drug-likeness (QED) is 0.542. The summed E-state index contributed by atoms with van der Waals surface area (Å²) in [6.07, 6.45) is 2.54. The number of hydrogen-bond donors (Lipinski definition) is 2. The van der Waals surface area contributed by atoms with E-state index in [1.54, 1.807) is 11.8 Å². The van der Waals surface area contributed by atoms with Gasteiger partial charge < -0.3 is 11.1 Å². The molecule has 0 saturated heterocycles. The first kappa shape index (κ1) is 8.78. The van der Waals surface area contributed by atoms with Gasteiger partial charge in [0.25, 0.3) is 0 Å². The van der Waals surface area contributed by atoms with E-state index in [2.05, 4.69) is 5.32 Å². The fourth-order valence-electron chi connectivity index (χ4n) is 0.397. The number of carbonyl (C=O) groups excluding carboxylic acids is 1. The minimum absolute atomic E-state index is 0.0341. The average molecular weight is 148 g/mol. The summed E-state index contributed by atoms with van der Waals surface area (Å²) in [4.78, 5) is 10.6. The fraction of sp³-hybridized carbons (Fsp3) is 0.800. The van der Waals surface area contributed by atoms with E-state index in [4.69, 9.17) is 5.73 Å². The van der Waals surface area contributed by atoms with Crippen molar-refractivity contribution in [1.29, 1.82) is 0 Å². The lowest BCUT2D eigenvalue weighted by Crippen LogP contribution is -2.29. The summed E-state index contributed by atoms with van der Waals surface area (Å²) in [7, 11) is 0. The molecule has 3 N–H and O–H groups in total. The molecular formula is C5H12N2OS. The van der Waals surface area contributed by atoms with Crippen LogP contribution in [0.5, 0.6) is 0 Å². The molecule has 1 amide bonds. The van der Waals surface area contributed by atoms with Gasteiger partial charge in [0, 0.05) is 12.2 Å². The number of amides is 1. The predicted octanol–water partition coefficient (Wildman–Crippen LogP) is -0.228. The lowest BCUT2D eigenvalue weighted by Gasteiger charge is -1.98. The Morgan fingerprint density at radius 3 is 2.89 bits per heavy atom. The third-order valence-corrected chi connectivity index (χ3v) is 1.44. The van der Waals surface area contributed by atoms with Gasteiger partial charge in [0.15, 0.2) is 0 Å². The average Bonchev–Trinajstić information content (AvgIpc) is 1.85. The maximum atomic E-state index is 10.6. The van der Waals surface area contributed by atoms with E-state index in [-0.39, 0.29) is 12.6 Å². The number of nitrogens with two attached hydrogens (primary N) is 1. The molecule has 0 aliphatic heterocycles. The topological polar surface area (TPSA) is 55.1 Å². The van der Waals surface area contributed by atoms with E-state index in [1.807, 2.05) is 6.26 Å². The number of nitrogens with one attached hydrogen (secondary N) is 1. The van der Waals surface area contributed by atoms with Crippen LogP contribution in [0.15, 0.2) is 0 Å². The zero-order valence-corrected chi connectivity index (χ0v) is 6.33. The van der Waals surface area contributed by atoms with Crippen molar-refractivity contribution in [3.63, 3.8) is 0 Å². The summed E-state index contributed by atoms with van der Waals surface area (Å²) in [6, 6.07) is 0. The molecule has 0 heterocycles. The van der Waals surface area contributed by atoms with E-state index in [0.717, 1.165) is 5.75 Å². The fourth-order valence-corrected chi connectivity index (χ4v) is 0.787. The highest BCUT2D eigenvalue weighted by Crippen LogP contribution is 1.93. The van der Waals surface area contributed by atoms with E-state index in [0.29, 0.717) is 6.42 Å². The van der Waals surface area contributed by atoms with Gasteiger partial charge in [-0.2, -0.15) is 11.8 Å².